The quantitative estimate of drug-likeness (QED) is 0.752. The van der Waals surface area contributed by atoms with Crippen LogP contribution in [-0.2, 0) is 11.3 Å². The van der Waals surface area contributed by atoms with E-state index in [1.165, 1.54) is 23.3 Å². The first kappa shape index (κ1) is 22.1. The Bertz CT molecular complexity index is 865. The third-order valence-electron chi connectivity index (χ3n) is 5.68. The van der Waals surface area contributed by atoms with Crippen molar-refractivity contribution >= 4 is 11.6 Å². The smallest absolute Gasteiger partial charge is 0.241 e. The highest BCUT2D eigenvalue weighted by Crippen LogP contribution is 2.31. The average molecular weight is 416 g/mol. The zero-order chi connectivity index (χ0) is 21.7. The van der Waals surface area contributed by atoms with Gasteiger partial charge in [-0.25, -0.2) is 4.39 Å². The number of amides is 1. The van der Waals surface area contributed by atoms with Crippen LogP contribution in [-0.4, -0.2) is 62.1 Å². The second-order valence-corrected chi connectivity index (χ2v) is 7.62. The Labute approximate surface area is 177 Å². The van der Waals surface area contributed by atoms with E-state index in [0.29, 0.717) is 5.69 Å². The molecular weight excluding hydrogens is 385 g/mol. The lowest BCUT2D eigenvalue weighted by molar-refractivity contribution is -0.121. The van der Waals surface area contributed by atoms with Gasteiger partial charge in [-0.1, -0.05) is 0 Å². The predicted molar refractivity (Wildman–Crippen MR) is 116 cm³/mol. The van der Waals surface area contributed by atoms with Gasteiger partial charge < -0.3 is 14.8 Å². The van der Waals surface area contributed by atoms with E-state index in [2.05, 4.69) is 22.0 Å². The summed E-state index contributed by atoms with van der Waals surface area (Å²) in [6.45, 7) is 8.19. The summed E-state index contributed by atoms with van der Waals surface area (Å²) in [7, 11) is 3.29. The number of nitrogens with zero attached hydrogens (tertiary/aromatic N) is 2. The van der Waals surface area contributed by atoms with E-state index in [1.807, 2.05) is 19.1 Å². The third-order valence-corrected chi connectivity index (χ3v) is 5.68. The number of aryl methyl sites for hydroxylation is 1. The summed E-state index contributed by atoms with van der Waals surface area (Å²) in [6, 6.07) is 9.63. The van der Waals surface area contributed by atoms with Crippen molar-refractivity contribution in [3.05, 3.63) is 53.3 Å². The average Bonchev–Trinajstić information content (AvgIpc) is 2.76. The van der Waals surface area contributed by atoms with Crippen LogP contribution in [0.5, 0.6) is 11.5 Å². The molecule has 3 rings (SSSR count). The molecule has 1 atom stereocenters. The molecule has 2 aromatic carbocycles. The molecule has 1 aliphatic heterocycles. The molecule has 162 valence electrons. The molecule has 6 nitrogen and oxygen atoms in total. The summed E-state index contributed by atoms with van der Waals surface area (Å²) in [4.78, 5) is 17.1. The van der Waals surface area contributed by atoms with Gasteiger partial charge >= 0.3 is 0 Å². The SMILES string of the molecule is COc1cc(C)c(CN2CCN([C@@H](C)C(=O)Nc3ccc(F)cc3)CC2)cc1OC. The number of carbonyl (C=O) groups is 1. The topological polar surface area (TPSA) is 54.0 Å². The first-order valence-corrected chi connectivity index (χ1v) is 10.2. The van der Waals surface area contributed by atoms with Gasteiger partial charge in [0.25, 0.3) is 0 Å². The van der Waals surface area contributed by atoms with Gasteiger partial charge in [-0.15, -0.1) is 0 Å². The molecule has 7 heteroatoms. The second-order valence-electron chi connectivity index (χ2n) is 7.62. The molecule has 1 saturated heterocycles. The Kier molecular flexibility index (Phi) is 7.29. The fourth-order valence-corrected chi connectivity index (χ4v) is 3.69. The molecule has 0 saturated carbocycles. The van der Waals surface area contributed by atoms with Gasteiger partial charge in [0.2, 0.25) is 5.91 Å². The largest absolute Gasteiger partial charge is 0.493 e. The summed E-state index contributed by atoms with van der Waals surface area (Å²) in [6.07, 6.45) is 0. The van der Waals surface area contributed by atoms with Gasteiger partial charge in [-0.05, 0) is 61.4 Å². The van der Waals surface area contributed by atoms with Crippen molar-refractivity contribution < 1.29 is 18.7 Å². The first-order chi connectivity index (χ1) is 14.4. The Hall–Kier alpha value is -2.64. The highest BCUT2D eigenvalue weighted by Gasteiger charge is 2.26. The number of piperazine rings is 1. The molecule has 2 aromatic rings. The van der Waals surface area contributed by atoms with Crippen molar-refractivity contribution in [1.29, 1.82) is 0 Å². The Balaban J connectivity index is 1.54. The lowest BCUT2D eigenvalue weighted by Crippen LogP contribution is -2.52. The number of ether oxygens (including phenoxy) is 2. The number of rotatable bonds is 7. The van der Waals surface area contributed by atoms with Crippen molar-refractivity contribution in [2.45, 2.75) is 26.4 Å². The van der Waals surface area contributed by atoms with Crippen molar-refractivity contribution in [2.75, 3.05) is 45.7 Å². The standard InChI is InChI=1S/C23H30FN3O3/c1-16-13-21(29-3)22(30-4)14-18(16)15-26-9-11-27(12-10-26)17(2)23(28)25-20-7-5-19(24)6-8-20/h5-8,13-14,17H,9-12,15H2,1-4H3,(H,25,28)/t17-/m0/s1. The number of methoxy groups -OCH3 is 2. The van der Waals surface area contributed by atoms with Gasteiger partial charge in [-0.2, -0.15) is 0 Å². The molecule has 1 fully saturated rings. The number of anilines is 1. The fourth-order valence-electron chi connectivity index (χ4n) is 3.69. The fraction of sp³-hybridized carbons (Fsp3) is 0.435. The van der Waals surface area contributed by atoms with E-state index in [9.17, 15) is 9.18 Å². The van der Waals surface area contributed by atoms with Crippen LogP contribution in [0.15, 0.2) is 36.4 Å². The maximum absolute atomic E-state index is 13.0. The van der Waals surface area contributed by atoms with Crippen LogP contribution in [0.2, 0.25) is 0 Å². The van der Waals surface area contributed by atoms with E-state index in [4.69, 9.17) is 9.47 Å². The monoisotopic (exact) mass is 415 g/mol. The van der Waals surface area contributed by atoms with Crippen LogP contribution in [0, 0.1) is 12.7 Å². The van der Waals surface area contributed by atoms with Gasteiger partial charge in [0, 0.05) is 38.4 Å². The zero-order valence-corrected chi connectivity index (χ0v) is 18.1. The molecule has 0 radical (unpaired) electrons. The predicted octanol–water partition coefficient (Wildman–Crippen LogP) is 3.30. The first-order valence-electron chi connectivity index (χ1n) is 10.2. The minimum atomic E-state index is -0.318. The summed E-state index contributed by atoms with van der Waals surface area (Å²) >= 11 is 0. The van der Waals surface area contributed by atoms with E-state index in [0.717, 1.165) is 44.2 Å². The van der Waals surface area contributed by atoms with Crippen LogP contribution in [0.4, 0.5) is 10.1 Å². The molecule has 1 amide bonds. The molecule has 1 heterocycles. The van der Waals surface area contributed by atoms with Crippen molar-refractivity contribution in [1.82, 2.24) is 9.80 Å². The summed E-state index contributed by atoms with van der Waals surface area (Å²) in [5.41, 5.74) is 2.99. The van der Waals surface area contributed by atoms with E-state index in [1.54, 1.807) is 26.4 Å². The molecule has 0 spiro atoms. The van der Waals surface area contributed by atoms with Gasteiger partial charge in [0.1, 0.15) is 5.82 Å². The van der Waals surface area contributed by atoms with Crippen molar-refractivity contribution in [3.63, 3.8) is 0 Å². The Morgan fingerprint density at radius 1 is 1.07 bits per heavy atom. The van der Waals surface area contributed by atoms with Crippen LogP contribution < -0.4 is 14.8 Å². The Morgan fingerprint density at radius 3 is 2.27 bits per heavy atom. The summed E-state index contributed by atoms with van der Waals surface area (Å²) in [5, 5.41) is 2.86. The van der Waals surface area contributed by atoms with E-state index < -0.39 is 0 Å². The lowest BCUT2D eigenvalue weighted by atomic mass is 10.1. The van der Waals surface area contributed by atoms with Crippen molar-refractivity contribution in [2.24, 2.45) is 0 Å². The number of halogens is 1. The molecule has 30 heavy (non-hydrogen) atoms. The van der Waals surface area contributed by atoms with Gasteiger partial charge in [0.15, 0.2) is 11.5 Å². The van der Waals surface area contributed by atoms with Gasteiger partial charge in [-0.3, -0.25) is 14.6 Å². The van der Waals surface area contributed by atoms with Crippen LogP contribution in [0.25, 0.3) is 0 Å². The second kappa shape index (κ2) is 9.91. The number of hydrogen-bond acceptors (Lipinski definition) is 5. The number of carbonyl (C=O) groups excluding carboxylic acids is 1. The maximum atomic E-state index is 13.0. The zero-order valence-electron chi connectivity index (χ0n) is 18.1. The minimum absolute atomic E-state index is 0.0780. The molecular formula is C23H30FN3O3. The minimum Gasteiger partial charge on any atom is -0.493 e. The highest BCUT2D eigenvalue weighted by molar-refractivity contribution is 5.94. The van der Waals surface area contributed by atoms with Crippen LogP contribution in [0.3, 0.4) is 0 Å². The summed E-state index contributed by atoms with van der Waals surface area (Å²) < 4.78 is 23.8. The molecule has 0 aliphatic carbocycles. The molecule has 1 aliphatic rings. The highest BCUT2D eigenvalue weighted by atomic mass is 19.1. The third kappa shape index (κ3) is 5.29. The number of hydrogen-bond donors (Lipinski definition) is 1. The van der Waals surface area contributed by atoms with Crippen molar-refractivity contribution in [3.8, 4) is 11.5 Å². The van der Waals surface area contributed by atoms with E-state index >= 15 is 0 Å². The molecule has 1 N–H and O–H groups in total. The van der Waals surface area contributed by atoms with Crippen LogP contribution >= 0.6 is 0 Å². The molecule has 0 bridgehead atoms. The van der Waals surface area contributed by atoms with E-state index in [-0.39, 0.29) is 17.8 Å². The maximum Gasteiger partial charge on any atom is 0.241 e. The Morgan fingerprint density at radius 2 is 1.67 bits per heavy atom. The lowest BCUT2D eigenvalue weighted by Gasteiger charge is -2.37. The van der Waals surface area contributed by atoms with Gasteiger partial charge in [0.05, 0.1) is 20.3 Å². The van der Waals surface area contributed by atoms with Crippen LogP contribution in [0.1, 0.15) is 18.1 Å². The summed E-state index contributed by atoms with van der Waals surface area (Å²) in [5.74, 6) is 1.08. The molecule has 0 unspecified atom stereocenters. The normalized spacial score (nSPS) is 16.2. The molecule has 0 aromatic heterocycles. The number of nitrogens with one attached hydrogen (secondary N) is 1. The number of benzene rings is 2.